The van der Waals surface area contributed by atoms with Gasteiger partial charge in [0, 0.05) is 6.54 Å². The van der Waals surface area contributed by atoms with E-state index in [1.54, 1.807) is 18.2 Å². The van der Waals surface area contributed by atoms with Crippen molar-refractivity contribution in [3.8, 4) is 5.75 Å². The molecule has 128 valence electrons. The van der Waals surface area contributed by atoms with Gasteiger partial charge in [0.15, 0.2) is 5.69 Å². The van der Waals surface area contributed by atoms with Crippen molar-refractivity contribution in [2.45, 2.75) is 33.8 Å². The van der Waals surface area contributed by atoms with Crippen molar-refractivity contribution in [2.24, 2.45) is 5.92 Å². The predicted octanol–water partition coefficient (Wildman–Crippen LogP) is 3.58. The number of anilines is 2. The van der Waals surface area contributed by atoms with Gasteiger partial charge in [0.05, 0.1) is 11.8 Å². The molecule has 1 amide bonds. The van der Waals surface area contributed by atoms with E-state index in [1.807, 2.05) is 32.0 Å². The summed E-state index contributed by atoms with van der Waals surface area (Å²) < 4.78 is 5.69. The first-order valence-electron chi connectivity index (χ1n) is 8.10. The fourth-order valence-electron chi connectivity index (χ4n) is 1.97. The summed E-state index contributed by atoms with van der Waals surface area (Å²) in [5, 5.41) is 14.0. The van der Waals surface area contributed by atoms with Gasteiger partial charge in [0.2, 0.25) is 0 Å². The normalized spacial score (nSPS) is 10.8. The van der Waals surface area contributed by atoms with Crippen LogP contribution in [-0.2, 0) is 0 Å². The van der Waals surface area contributed by atoms with Crippen LogP contribution in [0, 0.1) is 5.92 Å². The van der Waals surface area contributed by atoms with Crippen molar-refractivity contribution in [1.29, 1.82) is 0 Å². The minimum Gasteiger partial charge on any atom is -0.489 e. The monoisotopic (exact) mass is 328 g/mol. The van der Waals surface area contributed by atoms with Crippen molar-refractivity contribution in [1.82, 2.24) is 10.2 Å². The lowest BCUT2D eigenvalue weighted by atomic mass is 10.2. The van der Waals surface area contributed by atoms with Gasteiger partial charge in [0.25, 0.3) is 5.91 Å². The Kier molecular flexibility index (Phi) is 6.12. The van der Waals surface area contributed by atoms with Crippen LogP contribution in [0.3, 0.4) is 0 Å². The Labute approximate surface area is 142 Å². The van der Waals surface area contributed by atoms with E-state index in [4.69, 9.17) is 4.74 Å². The summed E-state index contributed by atoms with van der Waals surface area (Å²) in [7, 11) is 0. The van der Waals surface area contributed by atoms with Crippen LogP contribution >= 0.6 is 0 Å². The summed E-state index contributed by atoms with van der Waals surface area (Å²) in [5.74, 6) is 1.47. The van der Waals surface area contributed by atoms with Gasteiger partial charge in [-0.25, -0.2) is 0 Å². The second-order valence-electron chi connectivity index (χ2n) is 6.20. The third-order valence-electron chi connectivity index (χ3n) is 3.09. The Balaban J connectivity index is 2.05. The second-order valence-corrected chi connectivity index (χ2v) is 6.20. The topological polar surface area (TPSA) is 76.1 Å². The zero-order valence-electron chi connectivity index (χ0n) is 14.5. The van der Waals surface area contributed by atoms with Crippen molar-refractivity contribution in [3.63, 3.8) is 0 Å². The maximum Gasteiger partial charge on any atom is 0.276 e. The zero-order valence-corrected chi connectivity index (χ0v) is 14.5. The number of rotatable bonds is 7. The number of nitrogens with one attached hydrogen (secondary N) is 2. The number of nitrogens with zero attached hydrogens (tertiary/aromatic N) is 2. The molecule has 0 aliphatic heterocycles. The van der Waals surface area contributed by atoms with Crippen LogP contribution in [0.15, 0.2) is 36.4 Å². The molecule has 6 heteroatoms. The Bertz CT molecular complexity index is 669. The molecular formula is C18H24N4O2. The number of carbonyl (C=O) groups is 1. The Morgan fingerprint density at radius 3 is 2.46 bits per heavy atom. The molecule has 0 atom stereocenters. The third-order valence-corrected chi connectivity index (χ3v) is 3.09. The lowest BCUT2D eigenvalue weighted by molar-refractivity contribution is 0.102. The van der Waals surface area contributed by atoms with E-state index in [0.29, 0.717) is 23.2 Å². The molecule has 2 aromatic rings. The molecule has 0 fully saturated rings. The largest absolute Gasteiger partial charge is 0.489 e. The summed E-state index contributed by atoms with van der Waals surface area (Å²) in [6.07, 6.45) is 0.0224. The molecule has 0 aliphatic rings. The van der Waals surface area contributed by atoms with Crippen LogP contribution in [0.4, 0.5) is 11.5 Å². The van der Waals surface area contributed by atoms with Gasteiger partial charge in [-0.15, -0.1) is 10.2 Å². The minimum atomic E-state index is -0.322. The molecule has 0 bridgehead atoms. The zero-order chi connectivity index (χ0) is 17.5. The van der Waals surface area contributed by atoms with Gasteiger partial charge in [-0.1, -0.05) is 26.0 Å². The SMILES string of the molecule is CC(C)CNc1ccc(C(=O)Nc2ccccc2OC(C)C)nn1. The smallest absolute Gasteiger partial charge is 0.276 e. The number of benzene rings is 1. The van der Waals surface area contributed by atoms with Crippen LogP contribution < -0.4 is 15.4 Å². The van der Waals surface area contributed by atoms with Crippen LogP contribution in [-0.4, -0.2) is 28.8 Å². The molecule has 0 spiro atoms. The van der Waals surface area contributed by atoms with Gasteiger partial charge >= 0.3 is 0 Å². The summed E-state index contributed by atoms with van der Waals surface area (Å²) in [4.78, 5) is 12.3. The Hall–Kier alpha value is -2.63. The summed E-state index contributed by atoms with van der Waals surface area (Å²) >= 11 is 0. The van der Waals surface area contributed by atoms with Crippen LogP contribution in [0.25, 0.3) is 0 Å². The number of carbonyl (C=O) groups excluding carboxylic acids is 1. The van der Waals surface area contributed by atoms with Crippen molar-refractivity contribution in [3.05, 3.63) is 42.1 Å². The molecule has 0 saturated carbocycles. The van der Waals surface area contributed by atoms with E-state index in [1.165, 1.54) is 0 Å². The Morgan fingerprint density at radius 2 is 1.83 bits per heavy atom. The minimum absolute atomic E-state index is 0.0224. The summed E-state index contributed by atoms with van der Waals surface area (Å²) in [6.45, 7) is 8.90. The van der Waals surface area contributed by atoms with E-state index >= 15 is 0 Å². The molecule has 24 heavy (non-hydrogen) atoms. The lowest BCUT2D eigenvalue weighted by Gasteiger charge is -2.14. The van der Waals surface area contributed by atoms with E-state index in [-0.39, 0.29) is 17.7 Å². The number of aromatic nitrogens is 2. The predicted molar refractivity (Wildman–Crippen MR) is 95.5 cm³/mol. The highest BCUT2D eigenvalue weighted by Gasteiger charge is 2.12. The number of hydrogen-bond donors (Lipinski definition) is 2. The lowest BCUT2D eigenvalue weighted by Crippen LogP contribution is -2.17. The number of hydrogen-bond acceptors (Lipinski definition) is 5. The molecule has 1 aromatic heterocycles. The first-order valence-corrected chi connectivity index (χ1v) is 8.10. The van der Waals surface area contributed by atoms with Crippen molar-refractivity contribution < 1.29 is 9.53 Å². The highest BCUT2D eigenvalue weighted by Crippen LogP contribution is 2.25. The first kappa shape index (κ1) is 17.7. The Morgan fingerprint density at radius 1 is 1.08 bits per heavy atom. The maximum absolute atomic E-state index is 12.3. The van der Waals surface area contributed by atoms with Crippen LogP contribution in [0.1, 0.15) is 38.2 Å². The highest BCUT2D eigenvalue weighted by molar-refractivity contribution is 6.03. The molecule has 0 unspecified atom stereocenters. The molecule has 1 aromatic carbocycles. The van der Waals surface area contributed by atoms with Gasteiger partial charge in [-0.05, 0) is 44.0 Å². The van der Waals surface area contributed by atoms with Gasteiger partial charge in [0.1, 0.15) is 11.6 Å². The van der Waals surface area contributed by atoms with E-state index in [0.717, 1.165) is 6.54 Å². The highest BCUT2D eigenvalue weighted by atomic mass is 16.5. The van der Waals surface area contributed by atoms with Crippen LogP contribution in [0.2, 0.25) is 0 Å². The standard InChI is InChI=1S/C18H24N4O2/c1-12(2)11-19-17-10-9-15(21-22-17)18(23)20-14-7-5-6-8-16(14)24-13(3)4/h5-10,12-13H,11H2,1-4H3,(H,19,22)(H,20,23). The fraction of sp³-hybridized carbons (Fsp3) is 0.389. The average Bonchev–Trinajstić information content (AvgIpc) is 2.54. The molecular weight excluding hydrogens is 304 g/mol. The van der Waals surface area contributed by atoms with E-state index < -0.39 is 0 Å². The van der Waals surface area contributed by atoms with Crippen molar-refractivity contribution >= 4 is 17.4 Å². The molecule has 6 nitrogen and oxygen atoms in total. The molecule has 2 rings (SSSR count). The molecule has 0 radical (unpaired) electrons. The third kappa shape index (κ3) is 5.22. The van der Waals surface area contributed by atoms with Gasteiger partial charge in [-0.2, -0.15) is 0 Å². The molecule has 0 saturated heterocycles. The fourth-order valence-corrected chi connectivity index (χ4v) is 1.97. The number of para-hydroxylation sites is 2. The first-order chi connectivity index (χ1) is 11.5. The van der Waals surface area contributed by atoms with Crippen LogP contribution in [0.5, 0.6) is 5.75 Å². The second kappa shape index (κ2) is 8.29. The summed E-state index contributed by atoms with van der Waals surface area (Å²) in [6, 6.07) is 10.7. The summed E-state index contributed by atoms with van der Waals surface area (Å²) in [5.41, 5.74) is 0.865. The van der Waals surface area contributed by atoms with E-state index in [2.05, 4.69) is 34.7 Å². The van der Waals surface area contributed by atoms with Gasteiger partial charge in [-0.3, -0.25) is 4.79 Å². The average molecular weight is 328 g/mol. The maximum atomic E-state index is 12.3. The van der Waals surface area contributed by atoms with E-state index in [9.17, 15) is 4.79 Å². The number of amides is 1. The van der Waals surface area contributed by atoms with Crippen molar-refractivity contribution in [2.75, 3.05) is 17.2 Å². The molecule has 1 heterocycles. The quantitative estimate of drug-likeness (QED) is 0.812. The van der Waals surface area contributed by atoms with Gasteiger partial charge < -0.3 is 15.4 Å². The molecule has 0 aliphatic carbocycles. The number of ether oxygens (including phenoxy) is 1. The molecule has 2 N–H and O–H groups in total.